The third-order valence-corrected chi connectivity index (χ3v) is 3.62. The quantitative estimate of drug-likeness (QED) is 0.832. The number of rotatable bonds is 2. The second-order valence-electron chi connectivity index (χ2n) is 4.87. The number of piperidine rings is 1. The van der Waals surface area contributed by atoms with Gasteiger partial charge < -0.3 is 10.2 Å². The minimum absolute atomic E-state index is 0.0223. The summed E-state index contributed by atoms with van der Waals surface area (Å²) in [6.07, 6.45) is 3.26. The van der Waals surface area contributed by atoms with Crippen LogP contribution in [0.2, 0.25) is 5.15 Å². The van der Waals surface area contributed by atoms with Crippen LogP contribution in [0.1, 0.15) is 19.8 Å². The molecule has 0 spiro atoms. The molecule has 7 nitrogen and oxygen atoms in total. The van der Waals surface area contributed by atoms with E-state index >= 15 is 0 Å². The number of amides is 1. The van der Waals surface area contributed by atoms with Crippen molar-refractivity contribution in [2.75, 3.05) is 18.0 Å². The lowest BCUT2D eigenvalue weighted by atomic mass is 10.1. The molecule has 106 valence electrons. The summed E-state index contributed by atoms with van der Waals surface area (Å²) in [5.74, 6) is 1.41. The van der Waals surface area contributed by atoms with Crippen LogP contribution in [0.15, 0.2) is 12.4 Å². The molecule has 0 aromatic carbocycles. The largest absolute Gasteiger partial charge is 0.356 e. The van der Waals surface area contributed by atoms with Crippen LogP contribution in [-0.2, 0) is 4.79 Å². The van der Waals surface area contributed by atoms with Crippen molar-refractivity contribution in [1.82, 2.24) is 24.9 Å². The second-order valence-corrected chi connectivity index (χ2v) is 5.26. The van der Waals surface area contributed by atoms with Gasteiger partial charge in [-0.15, -0.1) is 0 Å². The number of hydrogen-bond donors (Lipinski definition) is 1. The molecule has 0 atom stereocenters. The summed E-state index contributed by atoms with van der Waals surface area (Å²) in [6.45, 7) is 3.22. The molecular formula is C12H15ClN6O. The van der Waals surface area contributed by atoms with Gasteiger partial charge in [0.05, 0.1) is 0 Å². The van der Waals surface area contributed by atoms with Crippen molar-refractivity contribution >= 4 is 29.1 Å². The number of anilines is 1. The van der Waals surface area contributed by atoms with E-state index in [1.807, 2.05) is 0 Å². The summed E-state index contributed by atoms with van der Waals surface area (Å²) in [6, 6.07) is 2.04. The van der Waals surface area contributed by atoms with Gasteiger partial charge in [0.1, 0.15) is 17.3 Å². The van der Waals surface area contributed by atoms with Gasteiger partial charge in [-0.05, 0) is 12.8 Å². The Morgan fingerprint density at radius 1 is 1.45 bits per heavy atom. The van der Waals surface area contributed by atoms with Crippen molar-refractivity contribution in [3.8, 4) is 0 Å². The Kier molecular flexibility index (Phi) is 3.43. The van der Waals surface area contributed by atoms with Gasteiger partial charge in [-0.3, -0.25) is 4.79 Å². The molecule has 0 bridgehead atoms. The summed E-state index contributed by atoms with van der Waals surface area (Å²) in [4.78, 5) is 21.4. The molecule has 1 N–H and O–H groups in total. The number of nitrogens with zero attached hydrogens (tertiary/aromatic N) is 5. The molecule has 0 unspecified atom stereocenters. The Morgan fingerprint density at radius 3 is 2.90 bits per heavy atom. The van der Waals surface area contributed by atoms with Gasteiger partial charge in [0.15, 0.2) is 0 Å². The van der Waals surface area contributed by atoms with E-state index < -0.39 is 0 Å². The molecule has 0 aliphatic carbocycles. The van der Waals surface area contributed by atoms with Gasteiger partial charge >= 0.3 is 0 Å². The molecule has 1 aliphatic rings. The first-order chi connectivity index (χ1) is 9.63. The fourth-order valence-corrected chi connectivity index (χ4v) is 2.71. The number of fused-ring (bicyclic) bond motifs is 1. The average Bonchev–Trinajstić information content (AvgIpc) is 2.86. The molecule has 1 fully saturated rings. The number of carbonyl (C=O) groups excluding carboxylic acids is 1. The summed E-state index contributed by atoms with van der Waals surface area (Å²) < 4.78 is 1.69. The van der Waals surface area contributed by atoms with Crippen molar-refractivity contribution in [3.63, 3.8) is 0 Å². The van der Waals surface area contributed by atoms with Gasteiger partial charge in [0.2, 0.25) is 5.91 Å². The first kappa shape index (κ1) is 13.1. The van der Waals surface area contributed by atoms with Crippen LogP contribution in [0.5, 0.6) is 0 Å². The summed E-state index contributed by atoms with van der Waals surface area (Å²) in [5.41, 5.74) is 0. The van der Waals surface area contributed by atoms with Gasteiger partial charge in [-0.2, -0.15) is 19.6 Å². The Labute approximate surface area is 121 Å². The Morgan fingerprint density at radius 2 is 2.20 bits per heavy atom. The van der Waals surface area contributed by atoms with Crippen molar-refractivity contribution in [3.05, 3.63) is 17.5 Å². The lowest BCUT2D eigenvalue weighted by Crippen LogP contribution is -2.44. The molecule has 0 radical (unpaired) electrons. The van der Waals surface area contributed by atoms with Crippen molar-refractivity contribution in [2.24, 2.45) is 0 Å². The van der Waals surface area contributed by atoms with E-state index in [0.29, 0.717) is 10.9 Å². The second kappa shape index (κ2) is 5.24. The fraction of sp³-hybridized carbons (Fsp3) is 0.500. The molecular weight excluding hydrogens is 280 g/mol. The monoisotopic (exact) mass is 294 g/mol. The molecule has 2 aromatic heterocycles. The topological polar surface area (TPSA) is 75.4 Å². The van der Waals surface area contributed by atoms with Crippen LogP contribution < -0.4 is 10.2 Å². The lowest BCUT2D eigenvalue weighted by molar-refractivity contribution is -0.119. The smallest absolute Gasteiger partial charge is 0.255 e. The third-order valence-electron chi connectivity index (χ3n) is 3.43. The first-order valence-corrected chi connectivity index (χ1v) is 6.89. The lowest BCUT2D eigenvalue weighted by Gasteiger charge is -2.33. The molecule has 2 aromatic rings. The predicted octanol–water partition coefficient (Wildman–Crippen LogP) is 0.883. The van der Waals surface area contributed by atoms with Crippen LogP contribution in [0.25, 0.3) is 5.78 Å². The Hall–Kier alpha value is -1.89. The van der Waals surface area contributed by atoms with E-state index in [4.69, 9.17) is 11.6 Å². The van der Waals surface area contributed by atoms with Gasteiger partial charge in [-0.25, -0.2) is 0 Å². The van der Waals surface area contributed by atoms with E-state index in [1.165, 1.54) is 6.33 Å². The highest BCUT2D eigenvalue weighted by Gasteiger charge is 2.22. The predicted molar refractivity (Wildman–Crippen MR) is 74.8 cm³/mol. The molecule has 20 heavy (non-hydrogen) atoms. The summed E-state index contributed by atoms with van der Waals surface area (Å²) >= 11 is 6.02. The highest BCUT2D eigenvalue weighted by Crippen LogP contribution is 2.22. The van der Waals surface area contributed by atoms with Crippen LogP contribution in [0, 0.1) is 0 Å². The van der Waals surface area contributed by atoms with Gasteiger partial charge in [0.25, 0.3) is 5.78 Å². The third kappa shape index (κ3) is 2.53. The first-order valence-electron chi connectivity index (χ1n) is 6.52. The molecule has 3 heterocycles. The summed E-state index contributed by atoms with van der Waals surface area (Å²) in [5, 5.41) is 7.54. The van der Waals surface area contributed by atoms with Crippen LogP contribution in [-0.4, -0.2) is 44.6 Å². The molecule has 0 saturated carbocycles. The van der Waals surface area contributed by atoms with Crippen LogP contribution in [0.3, 0.4) is 0 Å². The standard InChI is InChI=1S/C12H15ClN6O/c1-8(20)16-9-2-4-18(5-3-9)11-6-10(13)17-12-14-7-15-19(11)12/h6-7,9H,2-5H2,1H3,(H,16,20). The highest BCUT2D eigenvalue weighted by atomic mass is 35.5. The Bertz CT molecular complexity index is 634. The van der Waals surface area contributed by atoms with E-state index in [0.717, 1.165) is 31.7 Å². The van der Waals surface area contributed by atoms with Crippen molar-refractivity contribution in [1.29, 1.82) is 0 Å². The summed E-state index contributed by atoms with van der Waals surface area (Å²) in [7, 11) is 0. The number of nitrogens with one attached hydrogen (secondary N) is 1. The SMILES string of the molecule is CC(=O)NC1CCN(c2cc(Cl)nc3ncnn23)CC1. The van der Waals surface area contributed by atoms with Gasteiger partial charge in [0, 0.05) is 32.1 Å². The highest BCUT2D eigenvalue weighted by molar-refractivity contribution is 6.29. The Balaban J connectivity index is 1.79. The maximum atomic E-state index is 11.1. The number of hydrogen-bond acceptors (Lipinski definition) is 5. The minimum atomic E-state index is 0.0223. The molecule has 1 saturated heterocycles. The maximum absolute atomic E-state index is 11.1. The van der Waals surface area contributed by atoms with E-state index in [-0.39, 0.29) is 11.9 Å². The molecule has 3 rings (SSSR count). The zero-order chi connectivity index (χ0) is 14.1. The van der Waals surface area contributed by atoms with Crippen LogP contribution >= 0.6 is 11.6 Å². The molecule has 1 amide bonds. The van der Waals surface area contributed by atoms with E-state index in [1.54, 1.807) is 17.5 Å². The van der Waals surface area contributed by atoms with Gasteiger partial charge in [-0.1, -0.05) is 11.6 Å². The molecule has 1 aliphatic heterocycles. The van der Waals surface area contributed by atoms with Crippen molar-refractivity contribution < 1.29 is 4.79 Å². The van der Waals surface area contributed by atoms with Crippen LogP contribution in [0.4, 0.5) is 5.82 Å². The van der Waals surface area contributed by atoms with E-state index in [9.17, 15) is 4.79 Å². The zero-order valence-electron chi connectivity index (χ0n) is 11.1. The minimum Gasteiger partial charge on any atom is -0.356 e. The maximum Gasteiger partial charge on any atom is 0.255 e. The van der Waals surface area contributed by atoms with Crippen molar-refractivity contribution in [2.45, 2.75) is 25.8 Å². The zero-order valence-corrected chi connectivity index (χ0v) is 11.8. The number of carbonyl (C=O) groups is 1. The normalized spacial score (nSPS) is 16.6. The number of halogens is 1. The number of aromatic nitrogens is 4. The fourth-order valence-electron chi connectivity index (χ4n) is 2.53. The molecule has 8 heteroatoms. The van der Waals surface area contributed by atoms with E-state index in [2.05, 4.69) is 25.3 Å². The average molecular weight is 295 g/mol.